The van der Waals surface area contributed by atoms with Crippen LogP contribution in [0.15, 0.2) is 27.6 Å². The SMILES string of the molecule is COc1ccc(Cl)cc1NC(=O)C(C)N1CCCN(S(=O)(=O)c2c(C)noc2C)CC1. The average molecular weight is 471 g/mol. The van der Waals surface area contributed by atoms with Crippen LogP contribution in [-0.4, -0.2) is 68.0 Å². The highest BCUT2D eigenvalue weighted by molar-refractivity contribution is 7.89. The highest BCUT2D eigenvalue weighted by Crippen LogP contribution is 2.28. The predicted molar refractivity (Wildman–Crippen MR) is 117 cm³/mol. The molecule has 1 atom stereocenters. The summed E-state index contributed by atoms with van der Waals surface area (Å²) in [7, 11) is -2.20. The molecule has 1 aromatic carbocycles. The summed E-state index contributed by atoms with van der Waals surface area (Å²) in [5, 5.41) is 7.10. The molecule has 1 saturated heterocycles. The fourth-order valence-corrected chi connectivity index (χ4v) is 5.63. The van der Waals surface area contributed by atoms with Crippen molar-refractivity contribution in [3.05, 3.63) is 34.7 Å². The second kappa shape index (κ2) is 9.56. The highest BCUT2D eigenvalue weighted by atomic mass is 35.5. The van der Waals surface area contributed by atoms with Gasteiger partial charge in [-0.05, 0) is 45.4 Å². The van der Waals surface area contributed by atoms with Crippen LogP contribution in [0, 0.1) is 13.8 Å². The Kier molecular flexibility index (Phi) is 7.25. The number of aryl methyl sites for hydroxylation is 2. The molecule has 0 spiro atoms. The van der Waals surface area contributed by atoms with Gasteiger partial charge in [0.05, 0.1) is 18.8 Å². The number of halogens is 1. The zero-order chi connectivity index (χ0) is 22.8. The zero-order valence-electron chi connectivity index (χ0n) is 18.0. The molecule has 1 N–H and O–H groups in total. The predicted octanol–water partition coefficient (Wildman–Crippen LogP) is 2.68. The van der Waals surface area contributed by atoms with E-state index in [1.165, 1.54) is 11.4 Å². The third kappa shape index (κ3) is 5.03. The Bertz CT molecular complexity index is 1040. The number of rotatable bonds is 6. The van der Waals surface area contributed by atoms with Crippen LogP contribution in [0.2, 0.25) is 5.02 Å². The minimum Gasteiger partial charge on any atom is -0.495 e. The number of methoxy groups -OCH3 is 1. The lowest BCUT2D eigenvalue weighted by molar-refractivity contribution is -0.120. The van der Waals surface area contributed by atoms with Crippen molar-refractivity contribution in [3.63, 3.8) is 0 Å². The highest BCUT2D eigenvalue weighted by Gasteiger charge is 2.33. The summed E-state index contributed by atoms with van der Waals surface area (Å²) < 4.78 is 38.0. The van der Waals surface area contributed by atoms with Crippen LogP contribution in [0.5, 0.6) is 5.75 Å². The average Bonchev–Trinajstić information content (AvgIpc) is 2.92. The number of carbonyl (C=O) groups is 1. The smallest absolute Gasteiger partial charge is 0.248 e. The van der Waals surface area contributed by atoms with Crippen LogP contribution < -0.4 is 10.1 Å². The first-order valence-electron chi connectivity index (χ1n) is 9.96. The molecule has 1 aliphatic rings. The van der Waals surface area contributed by atoms with Gasteiger partial charge in [0.25, 0.3) is 0 Å². The number of benzene rings is 1. The van der Waals surface area contributed by atoms with Crippen LogP contribution in [0.1, 0.15) is 24.8 Å². The van der Waals surface area contributed by atoms with E-state index in [2.05, 4.69) is 10.5 Å². The monoisotopic (exact) mass is 470 g/mol. The molecule has 9 nitrogen and oxygen atoms in total. The standard InChI is InChI=1S/C20H27ClN4O5S/c1-13-19(15(3)30-23-13)31(27,28)25-9-5-8-24(10-11-25)14(2)20(26)22-17-12-16(21)6-7-18(17)29-4/h6-7,12,14H,5,8-11H2,1-4H3,(H,22,26). The normalized spacial score (nSPS) is 17.2. The molecule has 1 fully saturated rings. The van der Waals surface area contributed by atoms with Gasteiger partial charge >= 0.3 is 0 Å². The fourth-order valence-electron chi connectivity index (χ4n) is 3.69. The minimum atomic E-state index is -3.72. The summed E-state index contributed by atoms with van der Waals surface area (Å²) in [4.78, 5) is 14.9. The summed E-state index contributed by atoms with van der Waals surface area (Å²) in [6, 6.07) is 4.53. The number of nitrogens with one attached hydrogen (secondary N) is 1. The molecule has 1 amide bonds. The molecule has 3 rings (SSSR count). The maximum Gasteiger partial charge on any atom is 0.248 e. The van der Waals surface area contributed by atoms with E-state index in [0.717, 1.165) is 0 Å². The van der Waals surface area contributed by atoms with Crippen molar-refractivity contribution in [2.75, 3.05) is 38.6 Å². The topological polar surface area (TPSA) is 105 Å². The van der Waals surface area contributed by atoms with Crippen LogP contribution in [0.4, 0.5) is 5.69 Å². The molecule has 2 heterocycles. The lowest BCUT2D eigenvalue weighted by Crippen LogP contribution is -2.44. The number of sulfonamides is 1. The fraction of sp³-hybridized carbons (Fsp3) is 0.500. The third-order valence-electron chi connectivity index (χ3n) is 5.40. The van der Waals surface area contributed by atoms with Gasteiger partial charge in [-0.3, -0.25) is 9.69 Å². The van der Waals surface area contributed by atoms with E-state index in [0.29, 0.717) is 48.2 Å². The molecule has 1 aliphatic heterocycles. The number of anilines is 1. The van der Waals surface area contributed by atoms with Crippen molar-refractivity contribution in [2.24, 2.45) is 0 Å². The van der Waals surface area contributed by atoms with Gasteiger partial charge in [0.2, 0.25) is 15.9 Å². The van der Waals surface area contributed by atoms with Gasteiger partial charge in [0.15, 0.2) is 5.76 Å². The van der Waals surface area contributed by atoms with E-state index < -0.39 is 16.1 Å². The summed E-state index contributed by atoms with van der Waals surface area (Å²) in [5.41, 5.74) is 0.839. The largest absolute Gasteiger partial charge is 0.495 e. The molecule has 0 aliphatic carbocycles. The maximum absolute atomic E-state index is 13.1. The number of hydrogen-bond donors (Lipinski definition) is 1. The van der Waals surface area contributed by atoms with E-state index in [1.54, 1.807) is 39.0 Å². The first-order valence-corrected chi connectivity index (χ1v) is 11.8. The molecule has 31 heavy (non-hydrogen) atoms. The van der Waals surface area contributed by atoms with Gasteiger partial charge in [-0.1, -0.05) is 16.8 Å². The second-order valence-corrected chi connectivity index (χ2v) is 9.77. The van der Waals surface area contributed by atoms with Crippen molar-refractivity contribution in [1.29, 1.82) is 0 Å². The number of hydrogen-bond acceptors (Lipinski definition) is 7. The molecule has 11 heteroatoms. The van der Waals surface area contributed by atoms with E-state index in [9.17, 15) is 13.2 Å². The van der Waals surface area contributed by atoms with Crippen LogP contribution in [-0.2, 0) is 14.8 Å². The van der Waals surface area contributed by atoms with Gasteiger partial charge in [0.1, 0.15) is 16.3 Å². The molecule has 2 aromatic rings. The lowest BCUT2D eigenvalue weighted by Gasteiger charge is -2.27. The van der Waals surface area contributed by atoms with Crippen LogP contribution >= 0.6 is 11.6 Å². The van der Waals surface area contributed by atoms with Crippen molar-refractivity contribution >= 4 is 33.2 Å². The summed E-state index contributed by atoms with van der Waals surface area (Å²) in [5.74, 6) is 0.571. The number of ether oxygens (including phenoxy) is 1. The van der Waals surface area contributed by atoms with Crippen molar-refractivity contribution in [1.82, 2.24) is 14.4 Å². The maximum atomic E-state index is 13.1. The number of aromatic nitrogens is 1. The van der Waals surface area contributed by atoms with Gasteiger partial charge < -0.3 is 14.6 Å². The van der Waals surface area contributed by atoms with Crippen molar-refractivity contribution in [3.8, 4) is 5.75 Å². The Labute approximate surface area is 187 Å². The molecule has 0 bridgehead atoms. The Hall–Kier alpha value is -2.14. The number of carbonyl (C=O) groups excluding carboxylic acids is 1. The van der Waals surface area contributed by atoms with Crippen LogP contribution in [0.25, 0.3) is 0 Å². The van der Waals surface area contributed by atoms with Gasteiger partial charge in [-0.25, -0.2) is 8.42 Å². The molecule has 1 unspecified atom stereocenters. The lowest BCUT2D eigenvalue weighted by atomic mass is 10.2. The molecule has 170 valence electrons. The molecular formula is C20H27ClN4O5S. The molecule has 0 saturated carbocycles. The second-order valence-electron chi connectivity index (χ2n) is 7.46. The first kappa shape index (κ1) is 23.5. The Morgan fingerprint density at radius 2 is 2.00 bits per heavy atom. The molecular weight excluding hydrogens is 444 g/mol. The Balaban J connectivity index is 1.69. The number of nitrogens with zero attached hydrogens (tertiary/aromatic N) is 3. The summed E-state index contributed by atoms with van der Waals surface area (Å²) in [6.07, 6.45) is 0.598. The zero-order valence-corrected chi connectivity index (χ0v) is 19.6. The summed E-state index contributed by atoms with van der Waals surface area (Å²) >= 11 is 6.04. The van der Waals surface area contributed by atoms with Crippen molar-refractivity contribution in [2.45, 2.75) is 38.1 Å². The van der Waals surface area contributed by atoms with Gasteiger partial charge in [-0.2, -0.15) is 4.31 Å². The van der Waals surface area contributed by atoms with E-state index >= 15 is 0 Å². The van der Waals surface area contributed by atoms with E-state index in [-0.39, 0.29) is 23.1 Å². The Morgan fingerprint density at radius 3 is 2.65 bits per heavy atom. The molecule has 1 aromatic heterocycles. The minimum absolute atomic E-state index is 0.125. The van der Waals surface area contributed by atoms with Gasteiger partial charge in [-0.15, -0.1) is 0 Å². The first-order chi connectivity index (χ1) is 14.6. The third-order valence-corrected chi connectivity index (χ3v) is 7.78. The van der Waals surface area contributed by atoms with Crippen molar-refractivity contribution < 1.29 is 22.5 Å². The summed E-state index contributed by atoms with van der Waals surface area (Å²) in [6.45, 7) is 6.64. The quantitative estimate of drug-likeness (QED) is 0.691. The molecule has 0 radical (unpaired) electrons. The number of amides is 1. The van der Waals surface area contributed by atoms with E-state index in [4.69, 9.17) is 20.9 Å². The van der Waals surface area contributed by atoms with Crippen LogP contribution in [0.3, 0.4) is 0 Å². The van der Waals surface area contributed by atoms with E-state index in [1.807, 2.05) is 4.90 Å². The van der Waals surface area contributed by atoms with Gasteiger partial charge in [0, 0.05) is 31.2 Å². The Morgan fingerprint density at radius 1 is 1.26 bits per heavy atom.